The van der Waals surface area contributed by atoms with Crippen molar-refractivity contribution in [2.75, 3.05) is 24.5 Å². The third kappa shape index (κ3) is 3.76. The van der Waals surface area contributed by atoms with E-state index in [-0.39, 0.29) is 5.69 Å². The molecule has 4 atom stereocenters. The largest absolute Gasteiger partial charge is 0.477 e. The minimum atomic E-state index is -0.953. The van der Waals surface area contributed by atoms with E-state index >= 15 is 0 Å². The number of carbonyl (C=O) groups is 1. The molecular weight excluding hydrogens is 362 g/mol. The Morgan fingerprint density at radius 2 is 1.90 bits per heavy atom. The topological polar surface area (TPSA) is 56.7 Å². The number of carboxylic acids is 1. The number of benzene rings is 1. The second-order valence-corrected chi connectivity index (χ2v) is 8.99. The summed E-state index contributed by atoms with van der Waals surface area (Å²) in [6.45, 7) is 3.13. The molecule has 3 fully saturated rings. The van der Waals surface area contributed by atoms with Crippen molar-refractivity contribution in [1.29, 1.82) is 0 Å². The van der Waals surface area contributed by atoms with Crippen LogP contribution in [0.25, 0.3) is 0 Å². The number of fused-ring (bicyclic) bond motifs is 4. The average molecular weight is 392 g/mol. The number of aromatic carboxylic acids is 1. The molecule has 5 rings (SSSR count). The molecule has 1 N–H and O–H groups in total. The van der Waals surface area contributed by atoms with Crippen LogP contribution in [0.15, 0.2) is 48.5 Å². The fraction of sp³-hybridized carbons (Fsp3) is 0.500. The number of aromatic nitrogens is 1. The third-order valence-corrected chi connectivity index (χ3v) is 7.11. The van der Waals surface area contributed by atoms with Crippen LogP contribution >= 0.6 is 0 Å². The summed E-state index contributed by atoms with van der Waals surface area (Å²) in [5.74, 6) is 1.16. The zero-order valence-corrected chi connectivity index (χ0v) is 16.8. The molecule has 0 radical (unpaired) electrons. The number of anilines is 1. The molecule has 5 heteroatoms. The van der Waals surface area contributed by atoms with Gasteiger partial charge in [0.15, 0.2) is 5.69 Å². The SMILES string of the molecule is O=C(O)c1cccc(N2C[C@@H]3C[C@H](C2)[C@@H]2CCC[C@H](Cc4ccccc4)N2C3)n1. The van der Waals surface area contributed by atoms with E-state index in [1.165, 1.54) is 31.2 Å². The lowest BCUT2D eigenvalue weighted by atomic mass is 9.74. The molecule has 152 valence electrons. The Balaban J connectivity index is 1.33. The zero-order valence-electron chi connectivity index (χ0n) is 16.8. The van der Waals surface area contributed by atoms with Crippen molar-refractivity contribution in [3.8, 4) is 0 Å². The predicted octanol–water partition coefficient (Wildman–Crippen LogP) is 3.70. The highest BCUT2D eigenvalue weighted by molar-refractivity contribution is 5.85. The van der Waals surface area contributed by atoms with Gasteiger partial charge in [0.1, 0.15) is 5.82 Å². The highest BCUT2D eigenvalue weighted by atomic mass is 16.4. The van der Waals surface area contributed by atoms with Crippen LogP contribution in [0.3, 0.4) is 0 Å². The lowest BCUT2D eigenvalue weighted by Gasteiger charge is -2.55. The van der Waals surface area contributed by atoms with Crippen LogP contribution in [0, 0.1) is 11.8 Å². The van der Waals surface area contributed by atoms with E-state index in [4.69, 9.17) is 0 Å². The van der Waals surface area contributed by atoms with E-state index in [1.807, 2.05) is 12.1 Å². The lowest BCUT2D eigenvalue weighted by Crippen LogP contribution is -2.62. The third-order valence-electron chi connectivity index (χ3n) is 7.11. The molecule has 5 nitrogen and oxygen atoms in total. The molecule has 1 aromatic carbocycles. The summed E-state index contributed by atoms with van der Waals surface area (Å²) >= 11 is 0. The Kier molecular flexibility index (Phi) is 5.00. The first-order chi connectivity index (χ1) is 14.2. The Hall–Kier alpha value is -2.40. The molecule has 1 aromatic heterocycles. The molecule has 0 saturated carbocycles. The fourth-order valence-electron chi connectivity index (χ4n) is 5.92. The first-order valence-electron chi connectivity index (χ1n) is 10.9. The van der Waals surface area contributed by atoms with Crippen molar-refractivity contribution in [1.82, 2.24) is 9.88 Å². The number of pyridine rings is 1. The van der Waals surface area contributed by atoms with E-state index in [1.54, 1.807) is 6.07 Å². The van der Waals surface area contributed by atoms with Gasteiger partial charge in [-0.15, -0.1) is 0 Å². The molecule has 29 heavy (non-hydrogen) atoms. The maximum absolute atomic E-state index is 11.3. The quantitative estimate of drug-likeness (QED) is 0.861. The Morgan fingerprint density at radius 3 is 2.72 bits per heavy atom. The van der Waals surface area contributed by atoms with Crippen molar-refractivity contribution in [3.63, 3.8) is 0 Å². The van der Waals surface area contributed by atoms with Crippen molar-refractivity contribution in [2.24, 2.45) is 11.8 Å². The molecule has 4 heterocycles. The van der Waals surface area contributed by atoms with Gasteiger partial charge in [-0.3, -0.25) is 4.90 Å². The highest BCUT2D eigenvalue weighted by Gasteiger charge is 2.44. The Morgan fingerprint density at radius 1 is 1.03 bits per heavy atom. The van der Waals surface area contributed by atoms with E-state index < -0.39 is 5.97 Å². The molecule has 2 bridgehead atoms. The average Bonchev–Trinajstić information content (AvgIpc) is 2.75. The van der Waals surface area contributed by atoms with Crippen LogP contribution < -0.4 is 4.90 Å². The monoisotopic (exact) mass is 391 g/mol. The van der Waals surface area contributed by atoms with Gasteiger partial charge in [-0.2, -0.15) is 0 Å². The summed E-state index contributed by atoms with van der Waals surface area (Å²) in [4.78, 5) is 20.9. The van der Waals surface area contributed by atoms with Crippen LogP contribution in [0.2, 0.25) is 0 Å². The molecule has 0 spiro atoms. The molecule has 3 aliphatic heterocycles. The predicted molar refractivity (Wildman–Crippen MR) is 113 cm³/mol. The minimum Gasteiger partial charge on any atom is -0.477 e. The summed E-state index contributed by atoms with van der Waals surface area (Å²) in [5.41, 5.74) is 1.59. The minimum absolute atomic E-state index is 0.139. The van der Waals surface area contributed by atoms with Crippen LogP contribution in [0.1, 0.15) is 41.7 Å². The van der Waals surface area contributed by atoms with Crippen molar-refractivity contribution < 1.29 is 9.90 Å². The molecule has 0 aliphatic carbocycles. The number of nitrogens with zero attached hydrogens (tertiary/aromatic N) is 3. The van der Waals surface area contributed by atoms with Gasteiger partial charge in [-0.1, -0.05) is 42.8 Å². The first-order valence-corrected chi connectivity index (χ1v) is 10.9. The summed E-state index contributed by atoms with van der Waals surface area (Å²) < 4.78 is 0. The number of hydrogen-bond donors (Lipinski definition) is 1. The number of carboxylic acid groups (broad SMARTS) is 1. The van der Waals surface area contributed by atoms with E-state index in [0.717, 1.165) is 31.9 Å². The van der Waals surface area contributed by atoms with Crippen LogP contribution in [0.4, 0.5) is 5.82 Å². The fourth-order valence-corrected chi connectivity index (χ4v) is 5.92. The maximum Gasteiger partial charge on any atom is 0.354 e. The molecule has 2 aromatic rings. The molecule has 3 aliphatic rings. The van der Waals surface area contributed by atoms with Crippen LogP contribution in [-0.2, 0) is 6.42 Å². The number of rotatable bonds is 4. The van der Waals surface area contributed by atoms with Gasteiger partial charge in [0, 0.05) is 31.7 Å². The van der Waals surface area contributed by atoms with Gasteiger partial charge in [-0.05, 0) is 55.2 Å². The Bertz CT molecular complexity index is 871. The van der Waals surface area contributed by atoms with Crippen molar-refractivity contribution in [2.45, 2.75) is 44.2 Å². The van der Waals surface area contributed by atoms with Crippen LogP contribution in [0.5, 0.6) is 0 Å². The van der Waals surface area contributed by atoms with Gasteiger partial charge in [0.05, 0.1) is 0 Å². The van der Waals surface area contributed by atoms with E-state index in [2.05, 4.69) is 45.1 Å². The van der Waals surface area contributed by atoms with Crippen LogP contribution in [-0.4, -0.2) is 52.7 Å². The molecular formula is C24H29N3O2. The Labute approximate surface area is 172 Å². The standard InChI is InChI=1S/C24H29N3O2/c28-24(29)21-9-5-11-23(25-21)26-14-18-12-19(16-26)22-10-4-8-20(27(22)15-18)13-17-6-2-1-3-7-17/h1-3,5-7,9,11,18-20,22H,4,8,10,12-16H2,(H,28,29)/t18-,19+,20+,22-/m0/s1. The highest BCUT2D eigenvalue weighted by Crippen LogP contribution is 2.41. The normalized spacial score (nSPS) is 29.3. The smallest absolute Gasteiger partial charge is 0.354 e. The van der Waals surface area contributed by atoms with E-state index in [9.17, 15) is 9.90 Å². The van der Waals surface area contributed by atoms with Crippen molar-refractivity contribution >= 4 is 11.8 Å². The second kappa shape index (κ2) is 7.79. The summed E-state index contributed by atoms with van der Waals surface area (Å²) in [5, 5.41) is 9.29. The lowest BCUT2D eigenvalue weighted by molar-refractivity contribution is -0.0187. The number of hydrogen-bond acceptors (Lipinski definition) is 4. The number of piperidine rings is 3. The molecule has 0 amide bonds. The van der Waals surface area contributed by atoms with E-state index in [0.29, 0.717) is 23.9 Å². The van der Waals surface area contributed by atoms with Gasteiger partial charge < -0.3 is 10.0 Å². The summed E-state index contributed by atoms with van der Waals surface area (Å²) in [6.07, 6.45) is 6.36. The van der Waals surface area contributed by atoms with Crippen molar-refractivity contribution in [3.05, 3.63) is 59.8 Å². The molecule has 3 saturated heterocycles. The summed E-state index contributed by atoms with van der Waals surface area (Å²) in [6, 6.07) is 17.6. The maximum atomic E-state index is 11.3. The summed E-state index contributed by atoms with van der Waals surface area (Å²) in [7, 11) is 0. The van der Waals surface area contributed by atoms with Gasteiger partial charge in [0.2, 0.25) is 0 Å². The first kappa shape index (κ1) is 18.6. The van der Waals surface area contributed by atoms with Gasteiger partial charge in [-0.25, -0.2) is 9.78 Å². The molecule has 0 unspecified atom stereocenters. The van der Waals surface area contributed by atoms with Gasteiger partial charge in [0.25, 0.3) is 0 Å². The van der Waals surface area contributed by atoms with Gasteiger partial charge >= 0.3 is 5.97 Å². The zero-order chi connectivity index (χ0) is 19.8. The second-order valence-electron chi connectivity index (χ2n) is 8.99.